The molecule has 0 radical (unpaired) electrons. The Balaban J connectivity index is 0.870. The Labute approximate surface area is 397 Å². The van der Waals surface area contributed by atoms with Gasteiger partial charge in [-0.2, -0.15) is 5.26 Å². The highest BCUT2D eigenvalue weighted by atomic mass is 32.2. The number of carbonyl (C=O) groups excluding carboxylic acids is 1. The van der Waals surface area contributed by atoms with E-state index in [2.05, 4.69) is 87.8 Å². The molecular formula is C52H60N8O7S. The van der Waals surface area contributed by atoms with Crippen molar-refractivity contribution in [1.29, 1.82) is 5.26 Å². The zero-order valence-electron chi connectivity index (χ0n) is 39.2. The molecule has 5 aromatic rings. The molecule has 2 aromatic heterocycles. The first-order valence-corrected chi connectivity index (χ1v) is 25.7. The van der Waals surface area contributed by atoms with Crippen LogP contribution in [0.2, 0.25) is 0 Å². The lowest BCUT2D eigenvalue weighted by Crippen LogP contribution is -2.54. The van der Waals surface area contributed by atoms with Gasteiger partial charge in [0.1, 0.15) is 29.8 Å². The molecule has 15 nitrogen and oxygen atoms in total. The number of nitro groups is 1. The minimum atomic E-state index is -4.67. The van der Waals surface area contributed by atoms with Gasteiger partial charge in [-0.15, -0.1) is 0 Å². The van der Waals surface area contributed by atoms with Crippen LogP contribution in [0.4, 0.5) is 17.1 Å². The minimum Gasteiger partial charge on any atom is -0.489 e. The number of nitro benzene ring substituents is 1. The molecule has 2 saturated carbocycles. The summed E-state index contributed by atoms with van der Waals surface area (Å²) in [7, 11) is -4.67. The van der Waals surface area contributed by atoms with Gasteiger partial charge in [0.15, 0.2) is 11.4 Å². The van der Waals surface area contributed by atoms with Crippen LogP contribution in [0.15, 0.2) is 78.0 Å². The number of likely N-dealkylation sites (tertiary alicyclic amines) is 1. The minimum absolute atomic E-state index is 0.0329. The topological polar surface area (TPSA) is 196 Å². The van der Waals surface area contributed by atoms with Crippen LogP contribution in [0.1, 0.15) is 131 Å². The van der Waals surface area contributed by atoms with Crippen LogP contribution in [0.25, 0.3) is 11.0 Å². The number of nitrogens with one attached hydrogen (secondary N) is 3. The Kier molecular flexibility index (Phi) is 11.9. The van der Waals surface area contributed by atoms with Gasteiger partial charge in [-0.05, 0) is 123 Å². The third-order valence-corrected chi connectivity index (χ3v) is 17.1. The highest BCUT2D eigenvalue weighted by Gasteiger charge is 2.50. The molecule has 3 N–H and O–H groups in total. The standard InChI is InChI=1S/C52H60N8O7S/c1-32(2)39-8-5-6-9-40(39)44-10-7-19-59(44)36-26-52(27-36)17-20-58(21-18-52)35-11-12-41(46(22-35)67-37-23-42-34(28-53)29-54-49(42)55-30-37)50(61)57-68(64,65)38-24-45(60(62)63)48-47(25-38)66-31-43(56-48)33-13-15-51(3,4)16-14-33/h5-6,8-9,11-12,22-25,29-30,32-33,36,43-44,56H,7,10,13-21,26-27,31H2,1-4H3,(H,54,55)(H,57,61)/t43-,44-/m1/s1. The van der Waals surface area contributed by atoms with Crippen LogP contribution in [0.3, 0.4) is 0 Å². The van der Waals surface area contributed by atoms with E-state index in [9.17, 15) is 28.6 Å². The SMILES string of the molecule is CC(C)c1ccccc1[C@H]1CCCN1C1CC2(CCN(c3ccc(C(=O)NS(=O)(=O)c4cc5c(c([N+](=O)[O-])c4)N[C@@H](C4CCC(C)(C)CC4)CO5)c(Oc4cnc5[nH]cc(C#N)c5c4)c3)CC2)C1. The number of amides is 1. The number of anilines is 2. The van der Waals surface area contributed by atoms with E-state index in [-0.39, 0.29) is 57.9 Å². The summed E-state index contributed by atoms with van der Waals surface area (Å²) in [5.41, 5.74) is 4.71. The first kappa shape index (κ1) is 45.6. The third kappa shape index (κ3) is 8.75. The number of benzene rings is 3. The number of carbonyl (C=O) groups is 1. The van der Waals surface area contributed by atoms with Crippen molar-refractivity contribution in [3.63, 3.8) is 0 Å². The molecule has 2 saturated heterocycles. The molecular weight excluding hydrogens is 881 g/mol. The second-order valence-electron chi connectivity index (χ2n) is 21.0. The van der Waals surface area contributed by atoms with Crippen molar-refractivity contribution in [3.05, 3.63) is 105 Å². The van der Waals surface area contributed by atoms with Crippen LogP contribution >= 0.6 is 0 Å². The predicted octanol–water partition coefficient (Wildman–Crippen LogP) is 10.4. The zero-order valence-corrected chi connectivity index (χ0v) is 40.0. The van der Waals surface area contributed by atoms with E-state index in [4.69, 9.17) is 9.47 Å². The third-order valence-electron chi connectivity index (χ3n) is 15.8. The molecule has 0 unspecified atom stereocenters. The molecule has 1 spiro atoms. The van der Waals surface area contributed by atoms with Gasteiger partial charge >= 0.3 is 0 Å². The summed E-state index contributed by atoms with van der Waals surface area (Å²) in [5, 5.41) is 26.0. The smallest absolute Gasteiger partial charge is 0.297 e. The van der Waals surface area contributed by atoms with E-state index < -0.39 is 31.4 Å². The molecule has 5 aliphatic rings. The molecule has 2 atom stereocenters. The summed E-state index contributed by atoms with van der Waals surface area (Å²) in [6, 6.07) is 20.9. The van der Waals surface area contributed by atoms with Crippen molar-refractivity contribution in [2.24, 2.45) is 16.7 Å². The van der Waals surface area contributed by atoms with Crippen molar-refractivity contribution in [3.8, 4) is 23.3 Å². The molecule has 3 aliphatic heterocycles. The van der Waals surface area contributed by atoms with E-state index in [0.29, 0.717) is 34.6 Å². The maximum atomic E-state index is 14.2. The van der Waals surface area contributed by atoms with Crippen LogP contribution in [0.5, 0.6) is 17.2 Å². The normalized spacial score (nSPS) is 21.7. The average Bonchev–Trinajstić information content (AvgIpc) is 3.97. The van der Waals surface area contributed by atoms with Gasteiger partial charge in [0.2, 0.25) is 0 Å². The Morgan fingerprint density at radius 3 is 2.53 bits per heavy atom. The van der Waals surface area contributed by atoms with Crippen LogP contribution in [-0.4, -0.2) is 72.4 Å². The molecule has 356 valence electrons. The number of aromatic nitrogens is 2. The Morgan fingerprint density at radius 1 is 1.03 bits per heavy atom. The predicted molar refractivity (Wildman–Crippen MR) is 260 cm³/mol. The largest absolute Gasteiger partial charge is 0.489 e. The van der Waals surface area contributed by atoms with Gasteiger partial charge in [0.05, 0.1) is 33.2 Å². The molecule has 2 aliphatic carbocycles. The van der Waals surface area contributed by atoms with Gasteiger partial charge in [-0.3, -0.25) is 19.8 Å². The van der Waals surface area contributed by atoms with Crippen molar-refractivity contribution in [2.45, 2.75) is 121 Å². The summed E-state index contributed by atoms with van der Waals surface area (Å²) >= 11 is 0. The molecule has 1 amide bonds. The molecule has 4 fully saturated rings. The number of nitriles is 1. The van der Waals surface area contributed by atoms with E-state index in [1.54, 1.807) is 30.5 Å². The fraction of sp³-hybridized carbons (Fsp3) is 0.481. The van der Waals surface area contributed by atoms with Crippen LogP contribution in [0, 0.1) is 38.2 Å². The summed E-state index contributed by atoms with van der Waals surface area (Å²) in [6.45, 7) is 12.0. The van der Waals surface area contributed by atoms with Gasteiger partial charge in [-0.25, -0.2) is 18.1 Å². The number of nitrogens with zero attached hydrogens (tertiary/aromatic N) is 5. The number of fused-ring (bicyclic) bond motifs is 2. The number of hydrogen-bond donors (Lipinski definition) is 3. The van der Waals surface area contributed by atoms with Crippen LogP contribution < -0.4 is 24.4 Å². The number of ether oxygens (including phenoxy) is 2. The molecule has 68 heavy (non-hydrogen) atoms. The van der Waals surface area contributed by atoms with Gasteiger partial charge < -0.3 is 24.7 Å². The van der Waals surface area contributed by atoms with Crippen molar-refractivity contribution in [2.75, 3.05) is 36.5 Å². The monoisotopic (exact) mass is 940 g/mol. The number of pyridine rings is 1. The summed E-state index contributed by atoms with van der Waals surface area (Å²) < 4.78 is 42.6. The lowest BCUT2D eigenvalue weighted by Gasteiger charge is -2.56. The zero-order chi connectivity index (χ0) is 47.5. The van der Waals surface area contributed by atoms with E-state index in [1.165, 1.54) is 49.1 Å². The summed E-state index contributed by atoms with van der Waals surface area (Å²) in [5.74, 6) is 0.0966. The van der Waals surface area contributed by atoms with Gasteiger partial charge in [0.25, 0.3) is 21.6 Å². The first-order chi connectivity index (χ1) is 32.6. The molecule has 0 bridgehead atoms. The Bertz CT molecular complexity index is 2920. The maximum Gasteiger partial charge on any atom is 0.297 e. The first-order valence-electron chi connectivity index (χ1n) is 24.2. The van der Waals surface area contributed by atoms with Crippen LogP contribution in [-0.2, 0) is 10.0 Å². The van der Waals surface area contributed by atoms with Gasteiger partial charge in [-0.1, -0.05) is 52.0 Å². The number of aromatic amines is 1. The second-order valence-corrected chi connectivity index (χ2v) is 22.6. The van der Waals surface area contributed by atoms with E-state index >= 15 is 0 Å². The molecule has 16 heteroatoms. The highest BCUT2D eigenvalue weighted by Crippen LogP contribution is 2.54. The Morgan fingerprint density at radius 2 is 1.79 bits per heavy atom. The molecule has 5 heterocycles. The lowest BCUT2D eigenvalue weighted by molar-refractivity contribution is -0.384. The summed E-state index contributed by atoms with van der Waals surface area (Å²) in [4.78, 5) is 37.9. The van der Waals surface area contributed by atoms with Crippen molar-refractivity contribution in [1.82, 2.24) is 19.6 Å². The summed E-state index contributed by atoms with van der Waals surface area (Å²) in [6.07, 6.45) is 13.8. The lowest BCUT2D eigenvalue weighted by atomic mass is 9.59. The molecule has 3 aromatic carbocycles. The van der Waals surface area contributed by atoms with Crippen molar-refractivity contribution < 1.29 is 27.6 Å². The fourth-order valence-electron chi connectivity index (χ4n) is 11.8. The maximum absolute atomic E-state index is 14.2. The fourth-order valence-corrected chi connectivity index (χ4v) is 12.8. The number of H-pyrrole nitrogens is 1. The average molecular weight is 941 g/mol. The van der Waals surface area contributed by atoms with Crippen molar-refractivity contribution >= 4 is 44.0 Å². The van der Waals surface area contributed by atoms with Gasteiger partial charge in [0, 0.05) is 60.6 Å². The highest BCUT2D eigenvalue weighted by molar-refractivity contribution is 7.90. The van der Waals surface area contributed by atoms with E-state index in [1.807, 2.05) is 0 Å². The molecule has 10 rings (SSSR count). The number of piperidine rings is 1. The number of hydrogen-bond acceptors (Lipinski definition) is 12. The van der Waals surface area contributed by atoms with E-state index in [0.717, 1.165) is 69.9 Å². The Hall–Kier alpha value is -6.18. The number of rotatable bonds is 11. The second kappa shape index (κ2) is 17.7. The number of sulfonamides is 1. The quantitative estimate of drug-likeness (QED) is 0.0839.